The maximum atomic E-state index is 10.2. The number of hydrogen-bond acceptors (Lipinski definition) is 7. The van der Waals surface area contributed by atoms with Crippen LogP contribution in [0, 0.1) is 13.8 Å². The molecule has 0 saturated carbocycles. The first-order chi connectivity index (χ1) is 16.3. The first-order valence-electron chi connectivity index (χ1n) is 10.9. The largest absolute Gasteiger partial charge is 0.504 e. The van der Waals surface area contributed by atoms with Crippen LogP contribution < -0.4 is 15.4 Å². The zero-order valence-electron chi connectivity index (χ0n) is 19.4. The third-order valence-corrected chi connectivity index (χ3v) is 4.87. The number of carbonyl (C=O) groups is 1. The number of benzene rings is 3. The van der Waals surface area contributed by atoms with Crippen molar-refractivity contribution in [3.8, 4) is 17.2 Å². The Hall–Kier alpha value is -3.75. The number of rotatable bonds is 10. The van der Waals surface area contributed by atoms with Gasteiger partial charge in [0.15, 0.2) is 11.5 Å². The Morgan fingerprint density at radius 3 is 2.18 bits per heavy atom. The first-order valence-corrected chi connectivity index (χ1v) is 10.9. The molecule has 0 radical (unpaired) electrons. The van der Waals surface area contributed by atoms with Crippen LogP contribution in [-0.2, 0) is 0 Å². The lowest BCUT2D eigenvalue weighted by Gasteiger charge is -2.15. The molecule has 3 aromatic carbocycles. The molecule has 3 aromatic rings. The number of nitrogens with one attached hydrogen (secondary N) is 2. The number of hydrogen-bond donors (Lipinski definition) is 6. The number of ether oxygens (including phenoxy) is 1. The lowest BCUT2D eigenvalue weighted by molar-refractivity contribution is 0.0697. The summed E-state index contributed by atoms with van der Waals surface area (Å²) >= 11 is 0. The molecular weight excluding hydrogens is 436 g/mol. The van der Waals surface area contributed by atoms with E-state index in [0.29, 0.717) is 24.4 Å². The highest BCUT2D eigenvalue weighted by Gasteiger charge is 2.07. The van der Waals surface area contributed by atoms with E-state index in [4.69, 9.17) is 9.84 Å². The average Bonchev–Trinajstić information content (AvgIpc) is 2.82. The number of phenols is 2. The van der Waals surface area contributed by atoms with Gasteiger partial charge in [-0.15, -0.1) is 0 Å². The number of para-hydroxylation sites is 1. The molecule has 0 saturated heterocycles. The molecule has 0 bridgehead atoms. The molecule has 1 unspecified atom stereocenters. The van der Waals surface area contributed by atoms with Gasteiger partial charge in [0.25, 0.3) is 0 Å². The molecule has 1 atom stereocenters. The smallest absolute Gasteiger partial charge is 0.335 e. The molecule has 8 heteroatoms. The van der Waals surface area contributed by atoms with Crippen LogP contribution in [0.4, 0.5) is 5.69 Å². The lowest BCUT2D eigenvalue weighted by Crippen LogP contribution is -2.34. The SMILES string of the molecule is Cc1cccc(C)c1NCCNCC(O)COc1ccc(O)c(O)c1.O=C(O)c1ccccc1. The van der Waals surface area contributed by atoms with E-state index < -0.39 is 12.1 Å². The Bertz CT molecular complexity index is 1020. The third-order valence-electron chi connectivity index (χ3n) is 4.87. The van der Waals surface area contributed by atoms with Crippen molar-refractivity contribution in [2.24, 2.45) is 0 Å². The number of anilines is 1. The minimum Gasteiger partial charge on any atom is -0.504 e. The molecule has 34 heavy (non-hydrogen) atoms. The summed E-state index contributed by atoms with van der Waals surface area (Å²) in [5, 5.41) is 43.5. The molecule has 0 aliphatic heterocycles. The number of carboxylic acids is 1. The van der Waals surface area contributed by atoms with Crippen molar-refractivity contribution in [3.63, 3.8) is 0 Å². The van der Waals surface area contributed by atoms with Gasteiger partial charge in [0, 0.05) is 31.4 Å². The van der Waals surface area contributed by atoms with Gasteiger partial charge in [0.1, 0.15) is 18.5 Å². The van der Waals surface area contributed by atoms with Crippen LogP contribution in [0.3, 0.4) is 0 Å². The summed E-state index contributed by atoms with van der Waals surface area (Å²) in [7, 11) is 0. The van der Waals surface area contributed by atoms with E-state index in [1.54, 1.807) is 30.3 Å². The van der Waals surface area contributed by atoms with E-state index in [0.717, 1.165) is 12.2 Å². The molecule has 0 spiro atoms. The zero-order valence-corrected chi connectivity index (χ0v) is 19.4. The Morgan fingerprint density at radius 2 is 1.59 bits per heavy atom. The van der Waals surface area contributed by atoms with Gasteiger partial charge in [0.05, 0.1) is 5.56 Å². The molecule has 8 nitrogen and oxygen atoms in total. The van der Waals surface area contributed by atoms with Gasteiger partial charge in [-0.2, -0.15) is 0 Å². The van der Waals surface area contributed by atoms with Crippen molar-refractivity contribution in [2.45, 2.75) is 20.0 Å². The van der Waals surface area contributed by atoms with Gasteiger partial charge in [-0.25, -0.2) is 4.79 Å². The second-order valence-corrected chi connectivity index (χ2v) is 7.68. The van der Waals surface area contributed by atoms with E-state index in [-0.39, 0.29) is 18.1 Å². The fourth-order valence-corrected chi connectivity index (χ4v) is 3.06. The number of aromatic hydroxyl groups is 2. The number of aliphatic hydroxyl groups excluding tert-OH is 1. The van der Waals surface area contributed by atoms with Crippen molar-refractivity contribution in [2.75, 3.05) is 31.6 Å². The van der Waals surface area contributed by atoms with E-state index in [2.05, 4.69) is 36.6 Å². The van der Waals surface area contributed by atoms with Crippen molar-refractivity contribution >= 4 is 11.7 Å². The van der Waals surface area contributed by atoms with E-state index >= 15 is 0 Å². The van der Waals surface area contributed by atoms with Crippen LogP contribution in [0.25, 0.3) is 0 Å². The van der Waals surface area contributed by atoms with Crippen molar-refractivity contribution in [3.05, 3.63) is 83.4 Å². The predicted molar refractivity (Wildman–Crippen MR) is 132 cm³/mol. The summed E-state index contributed by atoms with van der Waals surface area (Å²) in [6, 6.07) is 18.7. The summed E-state index contributed by atoms with van der Waals surface area (Å²) in [4.78, 5) is 10.2. The van der Waals surface area contributed by atoms with E-state index in [9.17, 15) is 20.1 Å². The Balaban J connectivity index is 0.000000379. The number of phenolic OH excluding ortho intramolecular Hbond substituents is 2. The van der Waals surface area contributed by atoms with Gasteiger partial charge in [0.2, 0.25) is 0 Å². The highest BCUT2D eigenvalue weighted by atomic mass is 16.5. The van der Waals surface area contributed by atoms with Gasteiger partial charge in [-0.3, -0.25) is 0 Å². The van der Waals surface area contributed by atoms with Crippen LogP contribution in [-0.4, -0.2) is 58.7 Å². The van der Waals surface area contributed by atoms with E-state index in [1.165, 1.54) is 29.3 Å². The fourth-order valence-electron chi connectivity index (χ4n) is 3.06. The van der Waals surface area contributed by atoms with Crippen molar-refractivity contribution in [1.29, 1.82) is 0 Å². The second-order valence-electron chi connectivity index (χ2n) is 7.68. The standard InChI is InChI=1S/C19H26N2O4.C7H6O2/c1-13-4-3-5-14(2)19(13)21-9-8-20-11-15(22)12-25-16-6-7-17(23)18(24)10-16;8-7(9)6-4-2-1-3-5-6/h3-7,10,15,20-24H,8-9,11-12H2,1-2H3;1-5H,(H,8,9). The Kier molecular flexibility index (Phi) is 10.7. The van der Waals surface area contributed by atoms with Crippen molar-refractivity contribution < 1.29 is 30.0 Å². The minimum absolute atomic E-state index is 0.0988. The minimum atomic E-state index is -0.879. The molecule has 182 valence electrons. The summed E-state index contributed by atoms with van der Waals surface area (Å²) < 4.78 is 5.38. The topological polar surface area (TPSA) is 131 Å². The van der Waals surface area contributed by atoms with E-state index in [1.807, 2.05) is 6.07 Å². The lowest BCUT2D eigenvalue weighted by atomic mass is 10.1. The highest BCUT2D eigenvalue weighted by Crippen LogP contribution is 2.28. The van der Waals surface area contributed by atoms with Crippen LogP contribution in [0.2, 0.25) is 0 Å². The predicted octanol–water partition coefficient (Wildman–Crippen LogP) is 3.54. The second kappa shape index (κ2) is 13.7. The summed E-state index contributed by atoms with van der Waals surface area (Å²) in [6.45, 7) is 6.12. The molecular formula is C26H32N2O6. The molecule has 0 amide bonds. The zero-order chi connectivity index (χ0) is 24.9. The van der Waals surface area contributed by atoms with Gasteiger partial charge < -0.3 is 35.8 Å². The maximum absolute atomic E-state index is 10.2. The quantitative estimate of drug-likeness (QED) is 0.197. The van der Waals surface area contributed by atoms with Gasteiger partial charge in [-0.1, -0.05) is 36.4 Å². The number of aromatic carboxylic acids is 1. The number of aliphatic hydroxyl groups is 1. The normalized spacial score (nSPS) is 11.1. The molecule has 0 heterocycles. The monoisotopic (exact) mass is 468 g/mol. The summed E-state index contributed by atoms with van der Waals surface area (Å²) in [5.74, 6) is -0.935. The van der Waals surface area contributed by atoms with Crippen LogP contribution in [0.15, 0.2) is 66.7 Å². The summed E-state index contributed by atoms with van der Waals surface area (Å²) in [5.41, 5.74) is 3.91. The van der Waals surface area contributed by atoms with Gasteiger partial charge in [-0.05, 0) is 49.2 Å². The fraction of sp³-hybridized carbons (Fsp3) is 0.269. The summed E-state index contributed by atoms with van der Waals surface area (Å²) in [6.07, 6.45) is -0.670. The maximum Gasteiger partial charge on any atom is 0.335 e. The molecule has 0 fully saturated rings. The molecule has 6 N–H and O–H groups in total. The van der Waals surface area contributed by atoms with Crippen LogP contribution in [0.1, 0.15) is 21.5 Å². The molecule has 0 aliphatic carbocycles. The van der Waals surface area contributed by atoms with Crippen LogP contribution in [0.5, 0.6) is 17.2 Å². The number of aryl methyl sites for hydroxylation is 2. The van der Waals surface area contributed by atoms with Gasteiger partial charge >= 0.3 is 5.97 Å². The highest BCUT2D eigenvalue weighted by molar-refractivity contribution is 5.87. The Labute approximate surface area is 199 Å². The first kappa shape index (κ1) is 26.5. The van der Waals surface area contributed by atoms with Crippen molar-refractivity contribution in [1.82, 2.24) is 5.32 Å². The molecule has 0 aromatic heterocycles. The third kappa shape index (κ3) is 9.01. The molecule has 0 aliphatic rings. The average molecular weight is 469 g/mol. The Morgan fingerprint density at radius 1 is 0.912 bits per heavy atom. The molecule has 3 rings (SSSR count). The van der Waals surface area contributed by atoms with Crippen LogP contribution >= 0.6 is 0 Å². The number of carboxylic acid groups (broad SMARTS) is 1.